The zero-order valence-corrected chi connectivity index (χ0v) is 21.3. The van der Waals surface area contributed by atoms with Gasteiger partial charge in [-0.15, -0.1) is 11.3 Å². The van der Waals surface area contributed by atoms with E-state index in [0.29, 0.717) is 37.9 Å². The summed E-state index contributed by atoms with van der Waals surface area (Å²) in [5, 5.41) is 10.5. The van der Waals surface area contributed by atoms with Gasteiger partial charge < -0.3 is 11.5 Å². The second-order valence-electron chi connectivity index (χ2n) is 8.97. The number of rotatable bonds is 5. The fraction of sp³-hybridized carbons (Fsp3) is 0.100. The SMILES string of the molecule is CC(C)c1ccc(-c2c(C#N)c(N)nc3sc(C(=O)N(c4ccccc4)c4ccccc4)c(N)c23)cc1. The number of carbonyl (C=O) groups excluding carboxylic acids is 1. The number of anilines is 4. The van der Waals surface area contributed by atoms with E-state index >= 15 is 0 Å². The number of nitrogen functional groups attached to an aromatic ring is 2. The van der Waals surface area contributed by atoms with E-state index in [0.717, 1.165) is 5.56 Å². The number of amides is 1. The number of fused-ring (bicyclic) bond motifs is 1. The first-order valence-corrected chi connectivity index (χ1v) is 12.7. The molecule has 0 atom stereocenters. The van der Waals surface area contributed by atoms with Crippen LogP contribution in [0, 0.1) is 11.3 Å². The Morgan fingerprint density at radius 1 is 0.919 bits per heavy atom. The number of hydrogen-bond donors (Lipinski definition) is 2. The average molecular weight is 504 g/mol. The third kappa shape index (κ3) is 4.28. The Hall–Kier alpha value is -4.67. The van der Waals surface area contributed by atoms with Crippen LogP contribution in [-0.2, 0) is 0 Å². The monoisotopic (exact) mass is 503 g/mol. The largest absolute Gasteiger partial charge is 0.397 e. The summed E-state index contributed by atoms with van der Waals surface area (Å²) in [7, 11) is 0. The molecule has 0 fully saturated rings. The fourth-order valence-electron chi connectivity index (χ4n) is 4.40. The first-order chi connectivity index (χ1) is 17.9. The van der Waals surface area contributed by atoms with Gasteiger partial charge in [0.15, 0.2) is 0 Å². The number of nitriles is 1. The highest BCUT2D eigenvalue weighted by atomic mass is 32.1. The van der Waals surface area contributed by atoms with Crippen molar-refractivity contribution in [3.8, 4) is 17.2 Å². The number of carbonyl (C=O) groups is 1. The predicted molar refractivity (Wildman–Crippen MR) is 152 cm³/mol. The molecule has 3 aromatic carbocycles. The van der Waals surface area contributed by atoms with Crippen LogP contribution in [0.15, 0.2) is 84.9 Å². The molecular weight excluding hydrogens is 478 g/mol. The highest BCUT2D eigenvalue weighted by molar-refractivity contribution is 7.21. The number of thiophene rings is 1. The van der Waals surface area contributed by atoms with E-state index in [2.05, 4.69) is 24.9 Å². The molecule has 6 nitrogen and oxygen atoms in total. The van der Waals surface area contributed by atoms with Gasteiger partial charge >= 0.3 is 0 Å². The molecule has 0 aliphatic rings. The number of aromatic nitrogens is 1. The van der Waals surface area contributed by atoms with Crippen molar-refractivity contribution in [1.82, 2.24) is 4.98 Å². The highest BCUT2D eigenvalue weighted by Gasteiger charge is 2.28. The average Bonchev–Trinajstić information content (AvgIpc) is 3.24. The topological polar surface area (TPSA) is 109 Å². The number of benzene rings is 3. The van der Waals surface area contributed by atoms with Crippen LogP contribution in [-0.4, -0.2) is 10.9 Å². The molecule has 37 heavy (non-hydrogen) atoms. The lowest BCUT2D eigenvalue weighted by atomic mass is 9.94. The number of para-hydroxylation sites is 2. The Balaban J connectivity index is 1.73. The maximum atomic E-state index is 14.1. The maximum Gasteiger partial charge on any atom is 0.275 e. The van der Waals surface area contributed by atoms with Gasteiger partial charge in [-0.2, -0.15) is 5.26 Å². The van der Waals surface area contributed by atoms with Crippen molar-refractivity contribution in [3.63, 3.8) is 0 Å². The van der Waals surface area contributed by atoms with Crippen molar-refractivity contribution >= 4 is 50.3 Å². The third-order valence-electron chi connectivity index (χ3n) is 6.31. The molecule has 0 saturated carbocycles. The molecule has 7 heteroatoms. The maximum absolute atomic E-state index is 14.1. The standard InChI is InChI=1S/C30H25N5OS/c1-18(2)19-13-15-20(16-14-19)24-23(17-31)28(33)34-29-25(24)26(32)27(37-29)30(36)35(21-9-5-3-6-10-21)22-11-7-4-8-12-22/h3-16,18H,32H2,1-2H3,(H2,33,34). The van der Waals surface area contributed by atoms with Gasteiger partial charge in [-0.25, -0.2) is 4.98 Å². The van der Waals surface area contributed by atoms with Crippen molar-refractivity contribution in [2.45, 2.75) is 19.8 Å². The molecule has 182 valence electrons. The minimum absolute atomic E-state index is 0.112. The van der Waals surface area contributed by atoms with Gasteiger partial charge in [0.25, 0.3) is 5.91 Å². The van der Waals surface area contributed by atoms with E-state index in [1.165, 1.54) is 16.9 Å². The molecule has 4 N–H and O–H groups in total. The van der Waals surface area contributed by atoms with Gasteiger partial charge in [-0.05, 0) is 41.3 Å². The Bertz CT molecular complexity index is 1600. The van der Waals surface area contributed by atoms with Crippen LogP contribution in [0.25, 0.3) is 21.3 Å². The van der Waals surface area contributed by atoms with Crippen molar-refractivity contribution in [2.75, 3.05) is 16.4 Å². The lowest BCUT2D eigenvalue weighted by molar-refractivity contribution is 0.100. The normalized spacial score (nSPS) is 11.0. The molecule has 0 saturated heterocycles. The molecule has 0 spiro atoms. The summed E-state index contributed by atoms with van der Waals surface area (Å²) >= 11 is 1.18. The van der Waals surface area contributed by atoms with Crippen LogP contribution in [0.5, 0.6) is 0 Å². The summed E-state index contributed by atoms with van der Waals surface area (Å²) in [6, 6.07) is 29.0. The van der Waals surface area contributed by atoms with Gasteiger partial charge in [0.2, 0.25) is 0 Å². The lowest BCUT2D eigenvalue weighted by Crippen LogP contribution is -2.25. The summed E-state index contributed by atoms with van der Waals surface area (Å²) in [5.74, 6) is 0.196. The number of hydrogen-bond acceptors (Lipinski definition) is 6. The lowest BCUT2D eigenvalue weighted by Gasteiger charge is -2.22. The van der Waals surface area contributed by atoms with Gasteiger partial charge in [0.05, 0.1) is 5.69 Å². The van der Waals surface area contributed by atoms with E-state index in [9.17, 15) is 10.1 Å². The quantitative estimate of drug-likeness (QED) is 0.266. The summed E-state index contributed by atoms with van der Waals surface area (Å²) in [5.41, 5.74) is 17.5. The molecular formula is C30H25N5OS. The molecule has 0 radical (unpaired) electrons. The second-order valence-corrected chi connectivity index (χ2v) is 9.97. The molecule has 2 heterocycles. The Morgan fingerprint density at radius 2 is 1.49 bits per heavy atom. The van der Waals surface area contributed by atoms with Crippen LogP contribution < -0.4 is 16.4 Å². The minimum atomic E-state index is -0.281. The van der Waals surface area contributed by atoms with E-state index in [1.54, 1.807) is 4.90 Å². The second kappa shape index (κ2) is 9.76. The number of pyridine rings is 1. The van der Waals surface area contributed by atoms with Gasteiger partial charge in [-0.1, -0.05) is 74.5 Å². The van der Waals surface area contributed by atoms with Gasteiger partial charge in [-0.3, -0.25) is 9.69 Å². The fourth-order valence-corrected chi connectivity index (χ4v) is 5.45. The van der Waals surface area contributed by atoms with Crippen molar-refractivity contribution in [2.24, 2.45) is 0 Å². The summed E-state index contributed by atoms with van der Waals surface area (Å²) in [4.78, 5) is 21.0. The smallest absolute Gasteiger partial charge is 0.275 e. The predicted octanol–water partition coefficient (Wildman–Crippen LogP) is 7.10. The third-order valence-corrected chi connectivity index (χ3v) is 7.40. The van der Waals surface area contributed by atoms with Crippen LogP contribution in [0.2, 0.25) is 0 Å². The molecule has 5 aromatic rings. The van der Waals surface area contributed by atoms with E-state index in [-0.39, 0.29) is 23.0 Å². The van der Waals surface area contributed by atoms with Crippen LogP contribution in [0.4, 0.5) is 22.9 Å². The molecule has 0 bridgehead atoms. The zero-order valence-electron chi connectivity index (χ0n) is 20.5. The molecule has 2 aromatic heterocycles. The van der Waals surface area contributed by atoms with E-state index < -0.39 is 0 Å². The van der Waals surface area contributed by atoms with Crippen molar-refractivity contribution in [1.29, 1.82) is 5.26 Å². The number of nitrogens with zero attached hydrogens (tertiary/aromatic N) is 3. The molecule has 0 aliphatic heterocycles. The van der Waals surface area contributed by atoms with Gasteiger partial charge in [0, 0.05) is 22.3 Å². The number of nitrogens with two attached hydrogens (primary N) is 2. The Kier molecular flexibility index (Phi) is 6.34. The summed E-state index contributed by atoms with van der Waals surface area (Å²) in [6.07, 6.45) is 0. The zero-order chi connectivity index (χ0) is 26.1. The first-order valence-electron chi connectivity index (χ1n) is 11.9. The van der Waals surface area contributed by atoms with Crippen LogP contribution in [0.3, 0.4) is 0 Å². The van der Waals surface area contributed by atoms with Gasteiger partial charge in [0.1, 0.15) is 27.2 Å². The highest BCUT2D eigenvalue weighted by Crippen LogP contribution is 2.44. The summed E-state index contributed by atoms with van der Waals surface area (Å²) in [6.45, 7) is 4.25. The molecule has 1 amide bonds. The first kappa shape index (κ1) is 24.0. The Morgan fingerprint density at radius 3 is 2.00 bits per heavy atom. The Labute approximate surface area is 219 Å². The molecule has 0 unspecified atom stereocenters. The van der Waals surface area contributed by atoms with Crippen molar-refractivity contribution < 1.29 is 4.79 Å². The van der Waals surface area contributed by atoms with Crippen LogP contribution in [0.1, 0.15) is 40.6 Å². The summed E-state index contributed by atoms with van der Waals surface area (Å²) < 4.78 is 0. The molecule has 0 aliphatic carbocycles. The van der Waals surface area contributed by atoms with E-state index in [1.807, 2.05) is 84.9 Å². The van der Waals surface area contributed by atoms with Crippen LogP contribution >= 0.6 is 11.3 Å². The van der Waals surface area contributed by atoms with Crippen molar-refractivity contribution in [3.05, 3.63) is 101 Å². The minimum Gasteiger partial charge on any atom is -0.397 e. The van der Waals surface area contributed by atoms with E-state index in [4.69, 9.17) is 11.5 Å². The molecule has 5 rings (SSSR count).